The minimum atomic E-state index is -1.32. The summed E-state index contributed by atoms with van der Waals surface area (Å²) in [7, 11) is 0. The highest BCUT2D eigenvalue weighted by Crippen LogP contribution is 2.57. The first kappa shape index (κ1) is 25.9. The Bertz CT molecular complexity index is 950. The molecule has 0 saturated carbocycles. The normalized spacial score (nSPS) is 36.5. The van der Waals surface area contributed by atoms with Gasteiger partial charge < -0.3 is 24.4 Å². The molecule has 0 aliphatic carbocycles. The molecule has 0 aromatic carbocycles. The van der Waals surface area contributed by atoms with Crippen molar-refractivity contribution in [3.63, 3.8) is 0 Å². The van der Waals surface area contributed by atoms with Crippen LogP contribution in [-0.4, -0.2) is 81.8 Å². The summed E-state index contributed by atoms with van der Waals surface area (Å²) in [6.45, 7) is 12.7. The Kier molecular flexibility index (Phi) is 6.46. The van der Waals surface area contributed by atoms with E-state index in [1.165, 1.54) is 4.90 Å². The minimum absolute atomic E-state index is 0.00739. The van der Waals surface area contributed by atoms with Crippen molar-refractivity contribution in [2.45, 2.75) is 83.6 Å². The van der Waals surface area contributed by atoms with Gasteiger partial charge in [0.05, 0.1) is 24.7 Å². The molecule has 35 heavy (non-hydrogen) atoms. The van der Waals surface area contributed by atoms with Crippen molar-refractivity contribution in [3.8, 4) is 0 Å². The Balaban J connectivity index is 1.84. The molecule has 4 rings (SSSR count). The smallest absolute Gasteiger partial charge is 0.313 e. The summed E-state index contributed by atoms with van der Waals surface area (Å²) in [6.07, 6.45) is 9.75. The highest BCUT2D eigenvalue weighted by molar-refractivity contribution is 5.99. The number of esters is 1. The first-order valence-corrected chi connectivity index (χ1v) is 12.7. The summed E-state index contributed by atoms with van der Waals surface area (Å²) in [5.41, 5.74) is -2.92. The average Bonchev–Trinajstić information content (AvgIpc) is 3.06. The zero-order chi connectivity index (χ0) is 25.8. The number of amides is 2. The number of likely N-dealkylation sites (tertiary alicyclic amines) is 1. The van der Waals surface area contributed by atoms with Crippen LogP contribution in [0.3, 0.4) is 0 Å². The van der Waals surface area contributed by atoms with Crippen LogP contribution >= 0.6 is 0 Å². The van der Waals surface area contributed by atoms with E-state index in [0.717, 1.165) is 12.8 Å². The molecule has 4 aliphatic rings. The van der Waals surface area contributed by atoms with Gasteiger partial charge in [-0.3, -0.25) is 14.4 Å². The third kappa shape index (κ3) is 4.22. The average molecular weight is 489 g/mol. The van der Waals surface area contributed by atoms with Crippen molar-refractivity contribution in [1.29, 1.82) is 0 Å². The SMILES string of the molecule is CC(C)(C)CC(C)(C)N1CC=C[C@]23O[C@@]4(C)/C=C\CCCOC(=O)[C@H]4[C@H]2C(=O)N(CCO)C3C1=O. The molecule has 2 fully saturated rings. The van der Waals surface area contributed by atoms with E-state index < -0.39 is 40.6 Å². The molecule has 0 aromatic rings. The lowest BCUT2D eigenvalue weighted by atomic mass is 9.74. The van der Waals surface area contributed by atoms with Gasteiger partial charge in [0.25, 0.3) is 0 Å². The summed E-state index contributed by atoms with van der Waals surface area (Å²) < 4.78 is 12.3. The van der Waals surface area contributed by atoms with Crippen LogP contribution in [0.4, 0.5) is 0 Å². The van der Waals surface area contributed by atoms with E-state index in [1.807, 2.05) is 43.1 Å². The van der Waals surface area contributed by atoms with Crippen LogP contribution < -0.4 is 0 Å². The third-order valence-electron chi connectivity index (χ3n) is 7.78. The number of nitrogens with zero attached hydrogens (tertiary/aromatic N) is 2. The lowest BCUT2D eigenvalue weighted by Crippen LogP contribution is -2.60. The predicted molar refractivity (Wildman–Crippen MR) is 130 cm³/mol. The first-order valence-electron chi connectivity index (χ1n) is 12.7. The fourth-order valence-corrected chi connectivity index (χ4v) is 6.92. The van der Waals surface area contributed by atoms with E-state index in [9.17, 15) is 19.5 Å². The number of fused-ring (bicyclic) bond motifs is 2. The zero-order valence-corrected chi connectivity index (χ0v) is 21.9. The Morgan fingerprint density at radius 3 is 2.43 bits per heavy atom. The van der Waals surface area contributed by atoms with Crippen LogP contribution in [0.1, 0.15) is 60.8 Å². The fraction of sp³-hybridized carbons (Fsp3) is 0.741. The Morgan fingerprint density at radius 1 is 1.06 bits per heavy atom. The number of rotatable bonds is 4. The van der Waals surface area contributed by atoms with Crippen molar-refractivity contribution < 1.29 is 29.0 Å². The van der Waals surface area contributed by atoms with Crippen molar-refractivity contribution in [1.82, 2.24) is 9.80 Å². The lowest BCUT2D eigenvalue weighted by Gasteiger charge is -2.44. The summed E-state index contributed by atoms with van der Waals surface area (Å²) in [5.74, 6) is -2.85. The maximum Gasteiger partial charge on any atom is 0.313 e. The molecular weight excluding hydrogens is 448 g/mol. The topological polar surface area (TPSA) is 96.4 Å². The molecule has 4 aliphatic heterocycles. The largest absolute Gasteiger partial charge is 0.465 e. The number of cyclic esters (lactones) is 1. The van der Waals surface area contributed by atoms with E-state index >= 15 is 0 Å². The third-order valence-corrected chi connectivity index (χ3v) is 7.78. The van der Waals surface area contributed by atoms with Crippen molar-refractivity contribution in [3.05, 3.63) is 24.3 Å². The first-order chi connectivity index (χ1) is 16.3. The summed E-state index contributed by atoms with van der Waals surface area (Å²) in [4.78, 5) is 44.8. The quantitative estimate of drug-likeness (QED) is 0.482. The molecule has 0 bridgehead atoms. The number of ether oxygens (including phenoxy) is 2. The van der Waals surface area contributed by atoms with E-state index in [4.69, 9.17) is 9.47 Å². The molecule has 0 aromatic heterocycles. The summed E-state index contributed by atoms with van der Waals surface area (Å²) in [5, 5.41) is 9.80. The summed E-state index contributed by atoms with van der Waals surface area (Å²) >= 11 is 0. The minimum Gasteiger partial charge on any atom is -0.465 e. The van der Waals surface area contributed by atoms with Crippen LogP contribution in [0.25, 0.3) is 0 Å². The van der Waals surface area contributed by atoms with Gasteiger partial charge in [-0.15, -0.1) is 0 Å². The highest BCUT2D eigenvalue weighted by Gasteiger charge is 2.74. The van der Waals surface area contributed by atoms with Gasteiger partial charge in [-0.1, -0.05) is 45.1 Å². The molecular formula is C27H40N2O6. The Morgan fingerprint density at radius 2 is 1.77 bits per heavy atom. The van der Waals surface area contributed by atoms with Gasteiger partial charge in [0.1, 0.15) is 17.6 Å². The van der Waals surface area contributed by atoms with Gasteiger partial charge >= 0.3 is 5.97 Å². The number of β-amino-alcohol motifs (C(OH)–C–C–N with tert-alkyl or cyclic N) is 1. The second-order valence-corrected chi connectivity index (χ2v) is 12.4. The van der Waals surface area contributed by atoms with Gasteiger partial charge in [-0.2, -0.15) is 0 Å². The molecule has 1 N–H and O–H groups in total. The van der Waals surface area contributed by atoms with Gasteiger partial charge in [-0.05, 0) is 45.4 Å². The van der Waals surface area contributed by atoms with Crippen molar-refractivity contribution in [2.75, 3.05) is 26.3 Å². The van der Waals surface area contributed by atoms with Crippen LogP contribution in [0.15, 0.2) is 24.3 Å². The second kappa shape index (κ2) is 8.73. The van der Waals surface area contributed by atoms with Crippen LogP contribution in [0.2, 0.25) is 0 Å². The van der Waals surface area contributed by atoms with E-state index in [0.29, 0.717) is 13.0 Å². The van der Waals surface area contributed by atoms with Crippen molar-refractivity contribution >= 4 is 17.8 Å². The maximum atomic E-state index is 14.3. The standard InChI is InChI=1S/C27H40N2O6/c1-24(2,3)17-25(4,5)29-13-10-12-27-18(21(31)28(14-15-30)20(27)22(29)32)19-23(33)34-16-9-7-8-11-26(19,6)35-27/h8,10-12,18-20,30H,7,9,13-17H2,1-6H3/b11-8-/t18-,19+,20?,26-,27-/m0/s1. The number of hydrogen-bond donors (Lipinski definition) is 1. The molecule has 0 radical (unpaired) electrons. The van der Waals surface area contributed by atoms with Gasteiger partial charge in [0.2, 0.25) is 11.8 Å². The molecule has 194 valence electrons. The van der Waals surface area contributed by atoms with E-state index in [1.54, 1.807) is 6.92 Å². The van der Waals surface area contributed by atoms with E-state index in [-0.39, 0.29) is 37.0 Å². The zero-order valence-electron chi connectivity index (χ0n) is 21.9. The Hall–Kier alpha value is -2.19. The fourth-order valence-electron chi connectivity index (χ4n) is 6.92. The number of carbonyl (C=O) groups excluding carboxylic acids is 3. The predicted octanol–water partition coefficient (Wildman–Crippen LogP) is 2.46. The van der Waals surface area contributed by atoms with Crippen molar-refractivity contribution in [2.24, 2.45) is 17.3 Å². The number of aliphatic hydroxyl groups excluding tert-OH is 1. The van der Waals surface area contributed by atoms with Gasteiger partial charge in [0, 0.05) is 18.6 Å². The highest BCUT2D eigenvalue weighted by atomic mass is 16.6. The summed E-state index contributed by atoms with van der Waals surface area (Å²) in [6, 6.07) is -0.974. The molecule has 1 spiro atoms. The number of aliphatic hydroxyl groups is 1. The van der Waals surface area contributed by atoms with Crippen LogP contribution in [-0.2, 0) is 23.9 Å². The number of carbonyl (C=O) groups is 3. The van der Waals surface area contributed by atoms with E-state index in [2.05, 4.69) is 20.8 Å². The monoisotopic (exact) mass is 488 g/mol. The van der Waals surface area contributed by atoms with Gasteiger partial charge in [0.15, 0.2) is 0 Å². The maximum absolute atomic E-state index is 14.3. The van der Waals surface area contributed by atoms with Gasteiger partial charge in [-0.25, -0.2) is 0 Å². The second-order valence-electron chi connectivity index (χ2n) is 12.4. The molecule has 4 heterocycles. The molecule has 8 heteroatoms. The molecule has 1 unspecified atom stereocenters. The molecule has 8 nitrogen and oxygen atoms in total. The van der Waals surface area contributed by atoms with Crippen LogP contribution in [0, 0.1) is 17.3 Å². The lowest BCUT2D eigenvalue weighted by molar-refractivity contribution is -0.161. The molecule has 2 saturated heterocycles. The number of hydrogen-bond acceptors (Lipinski definition) is 6. The molecule has 5 atom stereocenters. The van der Waals surface area contributed by atoms with Crippen LogP contribution in [0.5, 0.6) is 0 Å². The molecule has 2 amide bonds. The Labute approximate surface area is 208 Å². The number of allylic oxidation sites excluding steroid dienone is 1.